The molecule has 0 radical (unpaired) electrons. The molecule has 0 unspecified atom stereocenters. The number of thiophene rings is 1. The number of phenols is 1. The quantitative estimate of drug-likeness (QED) is 0.902. The zero-order valence-electron chi connectivity index (χ0n) is 10.3. The van der Waals surface area contributed by atoms with E-state index in [0.29, 0.717) is 10.4 Å². The van der Waals surface area contributed by atoms with Crippen molar-refractivity contribution in [1.29, 1.82) is 5.26 Å². The Hall–Kier alpha value is -2.32. The van der Waals surface area contributed by atoms with E-state index in [9.17, 15) is 9.90 Å². The molecule has 0 saturated heterocycles. The minimum atomic E-state index is -0.220. The molecule has 0 fully saturated rings. The third kappa shape index (κ3) is 3.12. The minimum absolute atomic E-state index is 0.168. The maximum Gasteiger partial charge on any atom is 0.261 e. The fourth-order valence-electron chi connectivity index (χ4n) is 1.66. The summed E-state index contributed by atoms with van der Waals surface area (Å²) in [6.07, 6.45) is 0. The first-order valence-corrected chi connectivity index (χ1v) is 6.56. The number of aromatic hydroxyl groups is 1. The predicted octanol–water partition coefficient (Wildman–Crippen LogP) is 2.82. The van der Waals surface area contributed by atoms with E-state index in [-0.39, 0.29) is 17.7 Å². The number of benzene rings is 1. The zero-order valence-corrected chi connectivity index (χ0v) is 11.1. The highest BCUT2D eigenvalue weighted by Crippen LogP contribution is 2.19. The summed E-state index contributed by atoms with van der Waals surface area (Å²) in [6.45, 7) is 1.84. The number of nitrogens with one attached hydrogen (secondary N) is 1. The molecule has 2 rings (SSSR count). The van der Waals surface area contributed by atoms with Gasteiger partial charge in [0, 0.05) is 5.38 Å². The van der Waals surface area contributed by atoms with Gasteiger partial charge in [0.25, 0.3) is 5.91 Å². The van der Waals surface area contributed by atoms with Gasteiger partial charge in [-0.05, 0) is 30.7 Å². The Labute approximate surface area is 114 Å². The maximum absolute atomic E-state index is 12.0. The van der Waals surface area contributed by atoms with Gasteiger partial charge in [-0.25, -0.2) is 0 Å². The number of carbonyl (C=O) groups is 1. The minimum Gasteiger partial charge on any atom is -0.508 e. The Bertz CT molecular complexity index is 643. The highest BCUT2D eigenvalue weighted by Gasteiger charge is 2.13. The lowest BCUT2D eigenvalue weighted by Gasteiger charge is -2.13. The zero-order chi connectivity index (χ0) is 13.8. The molecule has 1 atom stereocenters. The van der Waals surface area contributed by atoms with Gasteiger partial charge in [0.2, 0.25) is 0 Å². The van der Waals surface area contributed by atoms with Crippen molar-refractivity contribution in [3.05, 3.63) is 51.7 Å². The van der Waals surface area contributed by atoms with Crippen LogP contribution < -0.4 is 5.32 Å². The van der Waals surface area contributed by atoms with Crippen LogP contribution in [0, 0.1) is 11.3 Å². The fraction of sp³-hybridized carbons (Fsp3) is 0.143. The van der Waals surface area contributed by atoms with Crippen molar-refractivity contribution in [2.24, 2.45) is 0 Å². The molecule has 0 aliphatic carbocycles. The summed E-state index contributed by atoms with van der Waals surface area (Å²) in [7, 11) is 0. The Morgan fingerprint density at radius 2 is 2.26 bits per heavy atom. The van der Waals surface area contributed by atoms with E-state index >= 15 is 0 Å². The summed E-state index contributed by atoms with van der Waals surface area (Å²) in [4.78, 5) is 12.5. The van der Waals surface area contributed by atoms with Crippen LogP contribution in [0.25, 0.3) is 0 Å². The van der Waals surface area contributed by atoms with Gasteiger partial charge >= 0.3 is 0 Å². The van der Waals surface area contributed by atoms with Crippen LogP contribution in [0.3, 0.4) is 0 Å². The Kier molecular flexibility index (Phi) is 3.83. The monoisotopic (exact) mass is 272 g/mol. The second-order valence-corrected chi connectivity index (χ2v) is 5.01. The van der Waals surface area contributed by atoms with Gasteiger partial charge in [0.05, 0.1) is 16.5 Å². The number of hydrogen-bond donors (Lipinski definition) is 2. The van der Waals surface area contributed by atoms with Crippen LogP contribution in [0.4, 0.5) is 0 Å². The number of hydrogen-bond acceptors (Lipinski definition) is 4. The first-order chi connectivity index (χ1) is 9.10. The number of nitriles is 1. The largest absolute Gasteiger partial charge is 0.508 e. The van der Waals surface area contributed by atoms with Gasteiger partial charge in [-0.1, -0.05) is 12.1 Å². The van der Waals surface area contributed by atoms with E-state index in [2.05, 4.69) is 5.32 Å². The molecule has 2 N–H and O–H groups in total. The van der Waals surface area contributed by atoms with Crippen molar-refractivity contribution in [1.82, 2.24) is 5.32 Å². The molecule has 1 heterocycles. The van der Waals surface area contributed by atoms with Crippen LogP contribution in [0.1, 0.15) is 33.8 Å². The van der Waals surface area contributed by atoms with Crippen molar-refractivity contribution < 1.29 is 9.90 Å². The normalized spacial score (nSPS) is 11.6. The SMILES string of the molecule is C[C@H](NC(=O)c1cc(C#N)cs1)c1cccc(O)c1. The molecule has 0 saturated carbocycles. The molecular formula is C14H12N2O2S. The molecule has 0 aliphatic heterocycles. The van der Waals surface area contributed by atoms with E-state index in [0.717, 1.165) is 5.56 Å². The Morgan fingerprint density at radius 3 is 2.89 bits per heavy atom. The molecule has 0 spiro atoms. The highest BCUT2D eigenvalue weighted by atomic mass is 32.1. The summed E-state index contributed by atoms with van der Waals surface area (Å²) in [5.41, 5.74) is 1.31. The molecule has 5 heteroatoms. The summed E-state index contributed by atoms with van der Waals surface area (Å²) < 4.78 is 0. The standard InChI is InChI=1S/C14H12N2O2S/c1-9(11-3-2-4-12(17)6-11)16-14(18)13-5-10(7-15)8-19-13/h2-6,8-9,17H,1H3,(H,16,18)/t9-/m0/s1. The second kappa shape index (κ2) is 5.55. The number of amides is 1. The average molecular weight is 272 g/mol. The molecule has 19 heavy (non-hydrogen) atoms. The van der Waals surface area contributed by atoms with Crippen LogP contribution >= 0.6 is 11.3 Å². The molecule has 4 nitrogen and oxygen atoms in total. The first kappa shape index (κ1) is 13.1. The molecule has 0 bridgehead atoms. The Balaban J connectivity index is 2.08. The number of nitrogens with zero attached hydrogens (tertiary/aromatic N) is 1. The summed E-state index contributed by atoms with van der Waals surface area (Å²) in [6, 6.07) is 10.1. The molecule has 1 aromatic carbocycles. The van der Waals surface area contributed by atoms with E-state index in [4.69, 9.17) is 5.26 Å². The van der Waals surface area contributed by atoms with Crippen LogP contribution in [0.2, 0.25) is 0 Å². The summed E-state index contributed by atoms with van der Waals surface area (Å²) in [5.74, 6) is -0.0520. The van der Waals surface area contributed by atoms with Crippen molar-refractivity contribution in [2.45, 2.75) is 13.0 Å². The number of phenolic OH excluding ortho intramolecular Hbond substituents is 1. The molecule has 1 aromatic heterocycles. The van der Waals surface area contributed by atoms with Crippen molar-refractivity contribution >= 4 is 17.2 Å². The van der Waals surface area contributed by atoms with Crippen LogP contribution in [-0.4, -0.2) is 11.0 Å². The molecule has 1 amide bonds. The van der Waals surface area contributed by atoms with E-state index < -0.39 is 0 Å². The van der Waals surface area contributed by atoms with Crippen molar-refractivity contribution in [3.8, 4) is 11.8 Å². The van der Waals surface area contributed by atoms with E-state index in [1.165, 1.54) is 11.3 Å². The fourth-order valence-corrected chi connectivity index (χ4v) is 2.39. The smallest absolute Gasteiger partial charge is 0.261 e. The molecule has 0 aliphatic rings. The van der Waals surface area contributed by atoms with Crippen LogP contribution in [-0.2, 0) is 0 Å². The van der Waals surface area contributed by atoms with Crippen molar-refractivity contribution in [2.75, 3.05) is 0 Å². The van der Waals surface area contributed by atoms with Gasteiger partial charge in [0.1, 0.15) is 11.8 Å². The average Bonchev–Trinajstić information content (AvgIpc) is 2.87. The van der Waals surface area contributed by atoms with Gasteiger partial charge < -0.3 is 10.4 Å². The third-order valence-electron chi connectivity index (χ3n) is 2.67. The second-order valence-electron chi connectivity index (χ2n) is 4.10. The van der Waals surface area contributed by atoms with Gasteiger partial charge in [0.15, 0.2) is 0 Å². The van der Waals surface area contributed by atoms with Crippen LogP contribution in [0.15, 0.2) is 35.7 Å². The topological polar surface area (TPSA) is 73.1 Å². The molecule has 2 aromatic rings. The third-order valence-corrected chi connectivity index (χ3v) is 3.60. The van der Waals surface area contributed by atoms with E-state index in [1.807, 2.05) is 19.1 Å². The Morgan fingerprint density at radius 1 is 1.47 bits per heavy atom. The molecular weight excluding hydrogens is 260 g/mol. The maximum atomic E-state index is 12.0. The highest BCUT2D eigenvalue weighted by molar-refractivity contribution is 7.12. The van der Waals surface area contributed by atoms with Gasteiger partial charge in [-0.15, -0.1) is 11.3 Å². The predicted molar refractivity (Wildman–Crippen MR) is 73.0 cm³/mol. The van der Waals surface area contributed by atoms with Crippen molar-refractivity contribution in [3.63, 3.8) is 0 Å². The lowest BCUT2D eigenvalue weighted by molar-refractivity contribution is 0.0944. The summed E-state index contributed by atoms with van der Waals surface area (Å²) >= 11 is 1.24. The lowest BCUT2D eigenvalue weighted by atomic mass is 10.1. The van der Waals surface area contributed by atoms with Gasteiger partial charge in [-0.2, -0.15) is 5.26 Å². The van der Waals surface area contributed by atoms with Gasteiger partial charge in [-0.3, -0.25) is 4.79 Å². The summed E-state index contributed by atoms with van der Waals surface area (Å²) in [5, 5.41) is 22.6. The first-order valence-electron chi connectivity index (χ1n) is 5.68. The van der Waals surface area contributed by atoms with E-state index in [1.54, 1.807) is 29.6 Å². The number of carbonyl (C=O) groups excluding carboxylic acids is 1. The van der Waals surface area contributed by atoms with Crippen LogP contribution in [0.5, 0.6) is 5.75 Å². The lowest BCUT2D eigenvalue weighted by Crippen LogP contribution is -2.25. The number of rotatable bonds is 3. The molecule has 96 valence electrons.